The zero-order chi connectivity index (χ0) is 27.7. The molecule has 2 aromatic heterocycles. The molecule has 1 aliphatic heterocycles. The summed E-state index contributed by atoms with van der Waals surface area (Å²) in [5.41, 5.74) is 1.14. The van der Waals surface area contributed by atoms with Gasteiger partial charge >= 0.3 is 0 Å². The molecule has 0 amide bonds. The van der Waals surface area contributed by atoms with Crippen molar-refractivity contribution >= 4 is 23.2 Å². The predicted molar refractivity (Wildman–Crippen MR) is 154 cm³/mol. The summed E-state index contributed by atoms with van der Waals surface area (Å²) in [6.45, 7) is 6.25. The van der Waals surface area contributed by atoms with E-state index in [1.54, 1.807) is 6.20 Å². The Morgan fingerprint density at radius 1 is 1.21 bits per heavy atom. The Hall–Kier alpha value is -2.48. The largest absolute Gasteiger partial charge is 0.381 e. The molecule has 2 atom stereocenters. The Morgan fingerprint density at radius 2 is 1.95 bits per heavy atom. The molecule has 3 heterocycles. The minimum Gasteiger partial charge on any atom is -0.381 e. The fourth-order valence-electron chi connectivity index (χ4n) is 5.39. The Kier molecular flexibility index (Phi) is 10.8. The molecule has 10 heteroatoms. The minimum atomic E-state index is -0.715. The van der Waals surface area contributed by atoms with Crippen LogP contribution in [0.1, 0.15) is 58.8 Å². The highest BCUT2D eigenvalue weighted by Gasteiger charge is 2.32. The van der Waals surface area contributed by atoms with E-state index in [2.05, 4.69) is 33.9 Å². The first kappa shape index (κ1) is 29.5. The van der Waals surface area contributed by atoms with Gasteiger partial charge in [0.15, 0.2) is 6.29 Å². The Bertz CT molecular complexity index is 1100. The number of rotatable bonds is 12. The van der Waals surface area contributed by atoms with Gasteiger partial charge in [-0.05, 0) is 70.6 Å². The standard InChI is InChI=1S/C29H41ClN6O3/c1-3-39-28(37)15-20(2)34-21-7-9-22(10-8-21)35-27-16-23(24(30)17-32-27)25-5-4-6-26(36-25)33-19-29(18-31)11-13-38-14-12-29/h4-6,16-17,20-22,28,34,37H,3,7-15,19H2,1-2H3,(H,32,35)(H,33,36)/t20-,21?,22?,28?/m0/s1. The number of aliphatic hydroxyl groups excluding tert-OH is 1. The molecule has 2 aliphatic rings. The number of nitriles is 1. The smallest absolute Gasteiger partial charge is 0.155 e. The Labute approximate surface area is 236 Å². The fraction of sp³-hybridized carbons (Fsp3) is 0.621. The van der Waals surface area contributed by atoms with E-state index >= 15 is 0 Å². The van der Waals surface area contributed by atoms with Crippen LogP contribution in [-0.2, 0) is 9.47 Å². The van der Waals surface area contributed by atoms with Crippen LogP contribution >= 0.6 is 11.6 Å². The van der Waals surface area contributed by atoms with Crippen LogP contribution in [0, 0.1) is 16.7 Å². The van der Waals surface area contributed by atoms with E-state index in [-0.39, 0.29) is 6.04 Å². The molecule has 0 spiro atoms. The highest BCUT2D eigenvalue weighted by atomic mass is 35.5. The number of anilines is 2. The first-order chi connectivity index (χ1) is 18.9. The third-order valence-electron chi connectivity index (χ3n) is 7.69. The van der Waals surface area contributed by atoms with E-state index in [4.69, 9.17) is 26.1 Å². The second-order valence-corrected chi connectivity index (χ2v) is 11.1. The zero-order valence-corrected chi connectivity index (χ0v) is 23.7. The summed E-state index contributed by atoms with van der Waals surface area (Å²) >= 11 is 6.55. The van der Waals surface area contributed by atoms with Gasteiger partial charge in [0.25, 0.3) is 0 Å². The average Bonchev–Trinajstić information content (AvgIpc) is 2.95. The van der Waals surface area contributed by atoms with Crippen LogP contribution in [0.25, 0.3) is 11.3 Å². The van der Waals surface area contributed by atoms with Gasteiger partial charge in [-0.3, -0.25) is 0 Å². The van der Waals surface area contributed by atoms with E-state index < -0.39 is 11.7 Å². The number of hydrogen-bond donors (Lipinski definition) is 4. The number of halogens is 1. The van der Waals surface area contributed by atoms with Crippen LogP contribution in [0.3, 0.4) is 0 Å². The van der Waals surface area contributed by atoms with E-state index in [9.17, 15) is 10.4 Å². The molecular weight excluding hydrogens is 516 g/mol. The van der Waals surface area contributed by atoms with Gasteiger partial charge in [-0.1, -0.05) is 17.7 Å². The molecule has 0 radical (unpaired) electrons. The van der Waals surface area contributed by atoms with Crippen LogP contribution in [0.5, 0.6) is 0 Å². The summed E-state index contributed by atoms with van der Waals surface area (Å²) in [6.07, 6.45) is 7.15. The van der Waals surface area contributed by atoms with Gasteiger partial charge in [0.2, 0.25) is 0 Å². The lowest BCUT2D eigenvalue weighted by Crippen LogP contribution is -2.42. The van der Waals surface area contributed by atoms with Crippen LogP contribution < -0.4 is 16.0 Å². The monoisotopic (exact) mass is 556 g/mol. The van der Waals surface area contributed by atoms with Crippen molar-refractivity contribution in [1.29, 1.82) is 5.26 Å². The Balaban J connectivity index is 1.32. The highest BCUT2D eigenvalue weighted by Crippen LogP contribution is 2.32. The quantitative estimate of drug-likeness (QED) is 0.268. The van der Waals surface area contributed by atoms with Crippen LogP contribution in [0.4, 0.5) is 11.6 Å². The molecule has 0 aromatic carbocycles. The molecule has 39 heavy (non-hydrogen) atoms. The molecule has 1 aliphatic carbocycles. The van der Waals surface area contributed by atoms with Crippen molar-refractivity contribution in [3.63, 3.8) is 0 Å². The molecule has 1 unspecified atom stereocenters. The molecule has 4 rings (SSSR count). The fourth-order valence-corrected chi connectivity index (χ4v) is 5.59. The highest BCUT2D eigenvalue weighted by molar-refractivity contribution is 6.33. The molecule has 0 bridgehead atoms. The van der Waals surface area contributed by atoms with Gasteiger partial charge < -0.3 is 30.5 Å². The van der Waals surface area contributed by atoms with Crippen molar-refractivity contribution in [3.05, 3.63) is 35.5 Å². The maximum absolute atomic E-state index is 9.88. The average molecular weight is 557 g/mol. The SMILES string of the molecule is CCOC(O)C[C@H](C)NC1CCC(Nc2cc(-c3cccc(NCC4(C#N)CCOCC4)n3)c(Cl)cn2)CC1. The summed E-state index contributed by atoms with van der Waals surface area (Å²) < 4.78 is 10.7. The van der Waals surface area contributed by atoms with Crippen LogP contribution in [0.15, 0.2) is 30.5 Å². The number of aromatic nitrogens is 2. The third kappa shape index (κ3) is 8.50. The van der Waals surface area contributed by atoms with Gasteiger partial charge in [0, 0.05) is 62.7 Å². The third-order valence-corrected chi connectivity index (χ3v) is 7.99. The Morgan fingerprint density at radius 3 is 2.67 bits per heavy atom. The summed E-state index contributed by atoms with van der Waals surface area (Å²) in [5, 5.41) is 30.7. The second-order valence-electron chi connectivity index (χ2n) is 10.7. The summed E-state index contributed by atoms with van der Waals surface area (Å²) in [4.78, 5) is 9.31. The van der Waals surface area contributed by atoms with E-state index in [1.807, 2.05) is 31.2 Å². The molecular formula is C29H41ClN6O3. The number of hydrogen-bond acceptors (Lipinski definition) is 9. The second kappa shape index (κ2) is 14.2. The normalized spacial score (nSPS) is 22.4. The van der Waals surface area contributed by atoms with Crippen LogP contribution in [-0.4, -0.2) is 65.9 Å². The van der Waals surface area contributed by atoms with Crippen LogP contribution in [0.2, 0.25) is 5.02 Å². The number of aliphatic hydroxyl groups is 1. The molecule has 1 saturated carbocycles. The molecule has 1 saturated heterocycles. The van der Waals surface area contributed by atoms with Crippen molar-refractivity contribution in [1.82, 2.24) is 15.3 Å². The van der Waals surface area contributed by atoms with E-state index in [0.29, 0.717) is 55.7 Å². The molecule has 212 valence electrons. The van der Waals surface area contributed by atoms with Crippen molar-refractivity contribution < 1.29 is 14.6 Å². The topological polar surface area (TPSA) is 124 Å². The van der Waals surface area contributed by atoms with Gasteiger partial charge in [-0.25, -0.2) is 9.97 Å². The predicted octanol–water partition coefficient (Wildman–Crippen LogP) is 4.98. The van der Waals surface area contributed by atoms with E-state index in [1.165, 1.54) is 0 Å². The molecule has 9 nitrogen and oxygen atoms in total. The number of pyridine rings is 2. The maximum Gasteiger partial charge on any atom is 0.155 e. The zero-order valence-electron chi connectivity index (χ0n) is 23.0. The van der Waals surface area contributed by atoms with Gasteiger partial charge in [0.05, 0.1) is 22.2 Å². The van der Waals surface area contributed by atoms with Gasteiger partial charge in [-0.2, -0.15) is 5.26 Å². The van der Waals surface area contributed by atoms with E-state index in [0.717, 1.165) is 55.6 Å². The van der Waals surface area contributed by atoms with Crippen molar-refractivity contribution in [2.75, 3.05) is 37.0 Å². The molecule has 2 aromatic rings. The van der Waals surface area contributed by atoms with Gasteiger partial charge in [0.1, 0.15) is 11.6 Å². The lowest BCUT2D eigenvalue weighted by Gasteiger charge is -2.32. The number of nitrogens with one attached hydrogen (secondary N) is 3. The number of nitrogens with zero attached hydrogens (tertiary/aromatic N) is 3. The lowest BCUT2D eigenvalue weighted by atomic mass is 9.82. The summed E-state index contributed by atoms with van der Waals surface area (Å²) in [6, 6.07) is 11.2. The lowest BCUT2D eigenvalue weighted by molar-refractivity contribution is -0.103. The molecule has 4 N–H and O–H groups in total. The minimum absolute atomic E-state index is 0.196. The maximum atomic E-state index is 9.88. The van der Waals surface area contributed by atoms with Gasteiger partial charge in [-0.15, -0.1) is 0 Å². The van der Waals surface area contributed by atoms with Crippen molar-refractivity contribution in [2.24, 2.45) is 5.41 Å². The molecule has 2 fully saturated rings. The summed E-state index contributed by atoms with van der Waals surface area (Å²) in [7, 11) is 0. The summed E-state index contributed by atoms with van der Waals surface area (Å²) in [5.74, 6) is 1.50. The van der Waals surface area contributed by atoms with Crippen molar-refractivity contribution in [3.8, 4) is 17.3 Å². The first-order valence-corrected chi connectivity index (χ1v) is 14.5. The number of ether oxygens (including phenoxy) is 2. The first-order valence-electron chi connectivity index (χ1n) is 14.1. The van der Waals surface area contributed by atoms with Crippen molar-refractivity contribution in [2.45, 2.75) is 83.2 Å².